The van der Waals surface area contributed by atoms with E-state index in [1.807, 2.05) is 32.0 Å². The van der Waals surface area contributed by atoms with Gasteiger partial charge in [-0.3, -0.25) is 19.2 Å². The van der Waals surface area contributed by atoms with Crippen LogP contribution in [0, 0.1) is 13.8 Å². The number of amides is 2. The van der Waals surface area contributed by atoms with Crippen molar-refractivity contribution in [3.8, 4) is 0 Å². The average Bonchev–Trinajstić information content (AvgIpc) is 2.59. The molecule has 1 aliphatic heterocycles. The number of nitrogens with one attached hydrogen (secondary N) is 1. The lowest BCUT2D eigenvalue weighted by atomic mass is 10.1. The summed E-state index contributed by atoms with van der Waals surface area (Å²) >= 11 is 0. The Hall–Kier alpha value is -2.67. The van der Waals surface area contributed by atoms with Gasteiger partial charge in [-0.1, -0.05) is 18.2 Å². The second-order valence-electron chi connectivity index (χ2n) is 6.34. The van der Waals surface area contributed by atoms with Gasteiger partial charge in [0.2, 0.25) is 11.8 Å². The monoisotopic (exact) mass is 372 g/mol. The highest BCUT2D eigenvalue weighted by Crippen LogP contribution is 2.26. The van der Waals surface area contributed by atoms with Gasteiger partial charge in [-0.25, -0.2) is 8.42 Å². The van der Waals surface area contributed by atoms with Gasteiger partial charge in [-0.2, -0.15) is 0 Å². The molecule has 7 heteroatoms. The molecule has 0 unspecified atom stereocenters. The summed E-state index contributed by atoms with van der Waals surface area (Å²) in [5, 5.41) is 0. The second kappa shape index (κ2) is 6.92. The van der Waals surface area contributed by atoms with E-state index >= 15 is 0 Å². The molecule has 1 fully saturated rings. The first-order chi connectivity index (χ1) is 12.3. The molecule has 3 rings (SSSR count). The van der Waals surface area contributed by atoms with Crippen LogP contribution in [0.15, 0.2) is 47.4 Å². The Bertz CT molecular complexity index is 929. The number of carbonyl (C=O) groups is 2. The summed E-state index contributed by atoms with van der Waals surface area (Å²) in [5.41, 5.74) is 2.60. The lowest BCUT2D eigenvalue weighted by Crippen LogP contribution is -2.40. The van der Waals surface area contributed by atoms with Crippen LogP contribution in [0.25, 0.3) is 0 Å². The van der Waals surface area contributed by atoms with Crippen LogP contribution in [0.5, 0.6) is 0 Å². The predicted octanol–water partition coefficient (Wildman–Crippen LogP) is 3.15. The third-order valence-corrected chi connectivity index (χ3v) is 5.77. The minimum atomic E-state index is -3.77. The fourth-order valence-corrected chi connectivity index (χ4v) is 4.19. The van der Waals surface area contributed by atoms with E-state index in [0.717, 1.165) is 16.0 Å². The SMILES string of the molecule is Cc1cccc(C)c1NS(=O)(=O)c1ccc(N2C(=O)CCCC2=O)cc1. The van der Waals surface area contributed by atoms with Crippen molar-refractivity contribution in [3.05, 3.63) is 53.6 Å². The van der Waals surface area contributed by atoms with Crippen LogP contribution >= 0.6 is 0 Å². The molecule has 1 heterocycles. The highest BCUT2D eigenvalue weighted by Gasteiger charge is 2.27. The van der Waals surface area contributed by atoms with Crippen molar-refractivity contribution in [2.24, 2.45) is 0 Å². The minimum Gasteiger partial charge on any atom is -0.279 e. The number of hydrogen-bond acceptors (Lipinski definition) is 4. The highest BCUT2D eigenvalue weighted by atomic mass is 32.2. The number of imide groups is 1. The Morgan fingerprint density at radius 3 is 1.96 bits per heavy atom. The van der Waals surface area contributed by atoms with E-state index in [4.69, 9.17) is 0 Å². The molecule has 2 aromatic carbocycles. The summed E-state index contributed by atoms with van der Waals surface area (Å²) in [6.45, 7) is 3.67. The summed E-state index contributed by atoms with van der Waals surface area (Å²) in [6, 6.07) is 11.3. The topological polar surface area (TPSA) is 83.6 Å². The molecule has 0 saturated carbocycles. The fourth-order valence-electron chi connectivity index (χ4n) is 2.98. The van der Waals surface area contributed by atoms with E-state index < -0.39 is 10.0 Å². The van der Waals surface area contributed by atoms with Crippen molar-refractivity contribution in [2.75, 3.05) is 9.62 Å². The molecule has 0 atom stereocenters. The van der Waals surface area contributed by atoms with E-state index in [0.29, 0.717) is 30.6 Å². The molecule has 1 aliphatic rings. The number of rotatable bonds is 4. The number of sulfonamides is 1. The molecule has 0 aliphatic carbocycles. The summed E-state index contributed by atoms with van der Waals surface area (Å²) in [6.07, 6.45) is 1.19. The molecule has 136 valence electrons. The maximum absolute atomic E-state index is 12.7. The number of hydrogen-bond donors (Lipinski definition) is 1. The van der Waals surface area contributed by atoms with Gasteiger partial charge in [0, 0.05) is 12.8 Å². The van der Waals surface area contributed by atoms with Gasteiger partial charge in [0.1, 0.15) is 0 Å². The van der Waals surface area contributed by atoms with Crippen LogP contribution in [0.2, 0.25) is 0 Å². The zero-order chi connectivity index (χ0) is 18.9. The third-order valence-electron chi connectivity index (χ3n) is 4.40. The van der Waals surface area contributed by atoms with Gasteiger partial charge in [0.25, 0.3) is 10.0 Å². The predicted molar refractivity (Wildman–Crippen MR) is 99.5 cm³/mol. The summed E-state index contributed by atoms with van der Waals surface area (Å²) in [5.74, 6) is -0.518. The van der Waals surface area contributed by atoms with Crippen LogP contribution in [0.3, 0.4) is 0 Å². The Balaban J connectivity index is 1.88. The maximum atomic E-state index is 12.7. The van der Waals surface area contributed by atoms with E-state index in [1.54, 1.807) is 0 Å². The molecule has 2 aromatic rings. The van der Waals surface area contributed by atoms with Crippen molar-refractivity contribution in [1.29, 1.82) is 0 Å². The van der Waals surface area contributed by atoms with Gasteiger partial charge >= 0.3 is 0 Å². The summed E-state index contributed by atoms with van der Waals surface area (Å²) in [7, 11) is -3.77. The zero-order valence-corrected chi connectivity index (χ0v) is 15.5. The maximum Gasteiger partial charge on any atom is 0.261 e. The van der Waals surface area contributed by atoms with Crippen molar-refractivity contribution >= 4 is 33.2 Å². The molecule has 1 N–H and O–H groups in total. The van der Waals surface area contributed by atoms with Gasteiger partial charge in [-0.05, 0) is 55.7 Å². The Morgan fingerprint density at radius 2 is 1.42 bits per heavy atom. The van der Waals surface area contributed by atoms with Crippen molar-refractivity contribution < 1.29 is 18.0 Å². The number of para-hydroxylation sites is 1. The largest absolute Gasteiger partial charge is 0.279 e. The van der Waals surface area contributed by atoms with Gasteiger partial charge in [0.15, 0.2) is 0 Å². The quantitative estimate of drug-likeness (QED) is 0.836. The minimum absolute atomic E-state index is 0.0702. The number of benzene rings is 2. The standard InChI is InChI=1S/C19H20N2O4S/c1-13-5-3-6-14(2)19(13)20-26(24,25)16-11-9-15(10-12-16)21-17(22)7-4-8-18(21)23/h3,5-6,9-12,20H,4,7-8H2,1-2H3. The lowest BCUT2D eigenvalue weighted by molar-refractivity contribution is -0.129. The van der Waals surface area contributed by atoms with Crippen LogP contribution in [0.4, 0.5) is 11.4 Å². The number of aryl methyl sites for hydroxylation is 2. The molecule has 26 heavy (non-hydrogen) atoms. The number of anilines is 2. The van der Waals surface area contributed by atoms with E-state index in [1.165, 1.54) is 24.3 Å². The molecule has 0 radical (unpaired) electrons. The number of piperidine rings is 1. The Morgan fingerprint density at radius 1 is 0.885 bits per heavy atom. The first-order valence-electron chi connectivity index (χ1n) is 8.34. The molecule has 0 bridgehead atoms. The molecule has 0 aromatic heterocycles. The van der Waals surface area contributed by atoms with Crippen LogP contribution < -0.4 is 9.62 Å². The normalized spacial score (nSPS) is 15.2. The van der Waals surface area contributed by atoms with Crippen LogP contribution in [-0.4, -0.2) is 20.2 Å². The number of nitrogens with zero attached hydrogens (tertiary/aromatic N) is 1. The van der Waals surface area contributed by atoms with Crippen LogP contribution in [-0.2, 0) is 19.6 Å². The highest BCUT2D eigenvalue weighted by molar-refractivity contribution is 7.92. The van der Waals surface area contributed by atoms with E-state index in [9.17, 15) is 18.0 Å². The summed E-state index contributed by atoms with van der Waals surface area (Å²) in [4.78, 5) is 25.1. The molecule has 6 nitrogen and oxygen atoms in total. The van der Waals surface area contributed by atoms with Crippen molar-refractivity contribution in [2.45, 2.75) is 38.0 Å². The smallest absolute Gasteiger partial charge is 0.261 e. The van der Waals surface area contributed by atoms with Crippen molar-refractivity contribution in [1.82, 2.24) is 0 Å². The second-order valence-corrected chi connectivity index (χ2v) is 8.03. The lowest BCUT2D eigenvalue weighted by Gasteiger charge is -2.25. The zero-order valence-electron chi connectivity index (χ0n) is 14.7. The van der Waals surface area contributed by atoms with Gasteiger partial charge in [0.05, 0.1) is 16.3 Å². The fraction of sp³-hybridized carbons (Fsp3) is 0.263. The van der Waals surface area contributed by atoms with Crippen LogP contribution in [0.1, 0.15) is 30.4 Å². The molecular weight excluding hydrogens is 352 g/mol. The van der Waals surface area contributed by atoms with Crippen molar-refractivity contribution in [3.63, 3.8) is 0 Å². The third kappa shape index (κ3) is 3.48. The molecule has 1 saturated heterocycles. The first kappa shape index (κ1) is 18.1. The number of carbonyl (C=O) groups excluding carboxylic acids is 2. The Kier molecular flexibility index (Phi) is 4.82. The molecule has 0 spiro atoms. The average molecular weight is 372 g/mol. The van der Waals surface area contributed by atoms with Gasteiger partial charge in [-0.15, -0.1) is 0 Å². The summed E-state index contributed by atoms with van der Waals surface area (Å²) < 4.78 is 27.9. The molecular formula is C19H20N2O4S. The van der Waals surface area contributed by atoms with E-state index in [-0.39, 0.29) is 16.7 Å². The first-order valence-corrected chi connectivity index (χ1v) is 9.83. The van der Waals surface area contributed by atoms with E-state index in [2.05, 4.69) is 4.72 Å². The molecule has 2 amide bonds. The van der Waals surface area contributed by atoms with Gasteiger partial charge < -0.3 is 0 Å². The Labute approximate surface area is 152 Å².